The monoisotopic (exact) mass is 502 g/mol. The van der Waals surface area contributed by atoms with Gasteiger partial charge in [0, 0.05) is 25.7 Å². The van der Waals surface area contributed by atoms with Crippen molar-refractivity contribution in [2.45, 2.75) is 25.8 Å². The van der Waals surface area contributed by atoms with Crippen LogP contribution in [0, 0.1) is 10.5 Å². The molecule has 4 rings (SSSR count). The minimum atomic E-state index is -0.162. The summed E-state index contributed by atoms with van der Waals surface area (Å²) >= 11 is 3.73. The first-order valence-corrected chi connectivity index (χ1v) is 11.0. The van der Waals surface area contributed by atoms with Gasteiger partial charge in [-0.25, -0.2) is 0 Å². The molecule has 0 unspecified atom stereocenters. The summed E-state index contributed by atoms with van der Waals surface area (Å²) in [5.41, 5.74) is 3.25. The zero-order valence-corrected chi connectivity index (χ0v) is 18.3. The van der Waals surface area contributed by atoms with Crippen LogP contribution in [0.3, 0.4) is 0 Å². The number of nitrogens with one attached hydrogen (secondary N) is 2. The highest BCUT2D eigenvalue weighted by atomic mass is 127. The van der Waals surface area contributed by atoms with Crippen molar-refractivity contribution in [3.05, 3.63) is 74.2 Å². The number of amides is 2. The van der Waals surface area contributed by atoms with Crippen molar-refractivity contribution in [1.82, 2.24) is 5.32 Å². The van der Waals surface area contributed by atoms with E-state index in [0.717, 1.165) is 28.8 Å². The maximum absolute atomic E-state index is 12.7. The Morgan fingerprint density at radius 3 is 2.46 bits per heavy atom. The Hall–Kier alpha value is -2.19. The topological polar surface area (TPSA) is 58.2 Å². The summed E-state index contributed by atoms with van der Waals surface area (Å²) in [5, 5.41) is 5.93. The number of anilines is 1. The van der Waals surface area contributed by atoms with E-state index in [1.807, 2.05) is 25.1 Å². The fourth-order valence-electron chi connectivity index (χ4n) is 2.81. The molecule has 0 aliphatic heterocycles. The van der Waals surface area contributed by atoms with Crippen molar-refractivity contribution in [1.29, 1.82) is 0 Å². The van der Waals surface area contributed by atoms with E-state index in [-0.39, 0.29) is 11.8 Å². The van der Waals surface area contributed by atoms with Crippen molar-refractivity contribution in [2.24, 2.45) is 0 Å². The second-order valence-corrected chi connectivity index (χ2v) is 9.23. The number of carbonyl (C=O) groups excluding carboxylic acids is 2. The van der Waals surface area contributed by atoms with Crippen molar-refractivity contribution in [3.63, 3.8) is 0 Å². The number of hydrogen-bond donors (Lipinski definition) is 2. The molecule has 2 aromatic carbocycles. The quantitative estimate of drug-likeness (QED) is 0.455. The van der Waals surface area contributed by atoms with Gasteiger partial charge < -0.3 is 10.6 Å². The predicted molar refractivity (Wildman–Crippen MR) is 122 cm³/mol. The van der Waals surface area contributed by atoms with E-state index in [9.17, 15) is 9.59 Å². The minimum Gasteiger partial charge on any atom is -0.349 e. The van der Waals surface area contributed by atoms with Gasteiger partial charge in [-0.15, -0.1) is 11.3 Å². The molecule has 2 amide bonds. The highest BCUT2D eigenvalue weighted by molar-refractivity contribution is 14.1. The van der Waals surface area contributed by atoms with Crippen molar-refractivity contribution in [2.75, 3.05) is 5.32 Å². The zero-order chi connectivity index (χ0) is 19.7. The molecule has 4 nitrogen and oxygen atoms in total. The molecule has 1 fully saturated rings. The van der Waals surface area contributed by atoms with Crippen LogP contribution in [0.2, 0.25) is 0 Å². The van der Waals surface area contributed by atoms with E-state index in [0.29, 0.717) is 22.2 Å². The van der Waals surface area contributed by atoms with Crippen LogP contribution < -0.4 is 10.6 Å². The molecular formula is C22H19IN2O2S. The molecule has 1 aromatic heterocycles. The number of halogens is 1. The standard InChI is InChI=1S/C22H19IN2O2S/c1-13-2-3-15(21(26)24-17-8-9-17)12-18(13)25-22(27)20-11-10-19(28-20)14-4-6-16(23)7-5-14/h2-7,10-12,17H,8-9H2,1H3,(H,24,26)(H,25,27). The van der Waals surface area contributed by atoms with Crippen molar-refractivity contribution in [3.8, 4) is 10.4 Å². The summed E-state index contributed by atoms with van der Waals surface area (Å²) in [6.45, 7) is 1.92. The van der Waals surface area contributed by atoms with E-state index in [2.05, 4.69) is 57.5 Å². The first-order valence-electron chi connectivity index (χ1n) is 9.08. The van der Waals surface area contributed by atoms with E-state index in [4.69, 9.17) is 0 Å². The molecule has 2 N–H and O–H groups in total. The van der Waals surface area contributed by atoms with Gasteiger partial charge in [-0.2, -0.15) is 0 Å². The average Bonchev–Trinajstić information content (AvgIpc) is 3.35. The Morgan fingerprint density at radius 2 is 1.75 bits per heavy atom. The normalized spacial score (nSPS) is 13.2. The van der Waals surface area contributed by atoms with Gasteiger partial charge in [0.15, 0.2) is 0 Å². The van der Waals surface area contributed by atoms with Gasteiger partial charge in [-0.1, -0.05) is 18.2 Å². The van der Waals surface area contributed by atoms with Crippen molar-refractivity contribution >= 4 is 51.4 Å². The van der Waals surface area contributed by atoms with Gasteiger partial charge in [0.25, 0.3) is 11.8 Å². The number of aryl methyl sites for hydroxylation is 1. The highest BCUT2D eigenvalue weighted by Gasteiger charge is 2.24. The second-order valence-electron chi connectivity index (χ2n) is 6.90. The van der Waals surface area contributed by atoms with Gasteiger partial charge in [0.1, 0.15) is 0 Å². The summed E-state index contributed by atoms with van der Waals surface area (Å²) in [7, 11) is 0. The van der Waals surface area contributed by atoms with Gasteiger partial charge in [0.05, 0.1) is 4.88 Å². The van der Waals surface area contributed by atoms with E-state index in [1.54, 1.807) is 12.1 Å². The third-order valence-corrected chi connectivity index (χ3v) is 6.47. The molecule has 0 atom stereocenters. The Kier molecular flexibility index (Phi) is 5.50. The molecule has 0 bridgehead atoms. The molecule has 142 valence electrons. The number of rotatable bonds is 5. The van der Waals surface area contributed by atoms with E-state index in [1.165, 1.54) is 14.9 Å². The average molecular weight is 502 g/mol. The Morgan fingerprint density at radius 1 is 1.00 bits per heavy atom. The summed E-state index contributed by atoms with van der Waals surface area (Å²) in [6.07, 6.45) is 2.09. The lowest BCUT2D eigenvalue weighted by atomic mass is 10.1. The van der Waals surface area contributed by atoms with E-state index < -0.39 is 0 Å². The Balaban J connectivity index is 1.50. The largest absolute Gasteiger partial charge is 0.349 e. The molecule has 1 saturated carbocycles. The lowest BCUT2D eigenvalue weighted by Gasteiger charge is -2.10. The second kappa shape index (κ2) is 8.05. The first-order chi connectivity index (χ1) is 13.5. The molecule has 6 heteroatoms. The molecule has 1 aliphatic carbocycles. The van der Waals surface area contributed by atoms with Crippen LogP contribution in [0.4, 0.5) is 5.69 Å². The lowest BCUT2D eigenvalue weighted by Crippen LogP contribution is -2.25. The molecule has 0 spiro atoms. The SMILES string of the molecule is Cc1ccc(C(=O)NC2CC2)cc1NC(=O)c1ccc(-c2ccc(I)cc2)s1. The fraction of sp³-hybridized carbons (Fsp3) is 0.182. The number of benzene rings is 2. The smallest absolute Gasteiger partial charge is 0.265 e. The van der Waals surface area contributed by atoms with Gasteiger partial charge in [-0.05, 0) is 89.9 Å². The molecular weight excluding hydrogens is 483 g/mol. The van der Waals surface area contributed by atoms with Gasteiger partial charge >= 0.3 is 0 Å². The highest BCUT2D eigenvalue weighted by Crippen LogP contribution is 2.29. The fourth-order valence-corrected chi connectivity index (χ4v) is 4.07. The third-order valence-electron chi connectivity index (χ3n) is 4.62. The third kappa shape index (κ3) is 4.44. The van der Waals surface area contributed by atoms with Crippen LogP contribution in [-0.2, 0) is 0 Å². The molecule has 1 heterocycles. The molecule has 28 heavy (non-hydrogen) atoms. The van der Waals surface area contributed by atoms with Crippen LogP contribution in [0.1, 0.15) is 38.4 Å². The lowest BCUT2D eigenvalue weighted by molar-refractivity contribution is 0.0949. The first kappa shape index (κ1) is 19.1. The number of hydrogen-bond acceptors (Lipinski definition) is 3. The van der Waals surface area contributed by atoms with Gasteiger partial charge in [0.2, 0.25) is 0 Å². The zero-order valence-electron chi connectivity index (χ0n) is 15.3. The number of thiophene rings is 1. The summed E-state index contributed by atoms with van der Waals surface area (Å²) in [4.78, 5) is 26.7. The molecule has 0 radical (unpaired) electrons. The number of carbonyl (C=O) groups is 2. The maximum Gasteiger partial charge on any atom is 0.265 e. The Bertz CT molecular complexity index is 1040. The van der Waals surface area contributed by atoms with Gasteiger partial charge in [-0.3, -0.25) is 9.59 Å². The predicted octanol–water partition coefficient (Wildman–Crippen LogP) is 5.47. The Labute approximate surface area is 181 Å². The van der Waals surface area contributed by atoms with Crippen molar-refractivity contribution < 1.29 is 9.59 Å². The molecule has 1 aliphatic rings. The van der Waals surface area contributed by atoms with E-state index >= 15 is 0 Å². The van der Waals surface area contributed by atoms with Crippen LogP contribution in [0.5, 0.6) is 0 Å². The van der Waals surface area contributed by atoms with Crippen LogP contribution in [0.25, 0.3) is 10.4 Å². The molecule has 3 aromatic rings. The molecule has 0 saturated heterocycles. The van der Waals surface area contributed by atoms with Crippen LogP contribution >= 0.6 is 33.9 Å². The summed E-state index contributed by atoms with van der Waals surface area (Å²) in [6, 6.07) is 17.7. The van der Waals surface area contributed by atoms with Crippen LogP contribution in [-0.4, -0.2) is 17.9 Å². The minimum absolute atomic E-state index is 0.0879. The maximum atomic E-state index is 12.7. The summed E-state index contributed by atoms with van der Waals surface area (Å²) < 4.78 is 1.18. The van der Waals surface area contributed by atoms with Crippen LogP contribution in [0.15, 0.2) is 54.6 Å². The summed E-state index contributed by atoms with van der Waals surface area (Å²) in [5.74, 6) is -0.250.